The van der Waals surface area contributed by atoms with E-state index in [0.29, 0.717) is 19.0 Å². The van der Waals surface area contributed by atoms with Crippen molar-refractivity contribution in [3.8, 4) is 0 Å². The fourth-order valence-corrected chi connectivity index (χ4v) is 4.08. The molecule has 1 atom stereocenters. The molecule has 3 heterocycles. The summed E-state index contributed by atoms with van der Waals surface area (Å²) in [5.41, 5.74) is 4.22. The van der Waals surface area contributed by atoms with Crippen LogP contribution in [0.5, 0.6) is 0 Å². The molecular formula is C20H23F3N6O2. The first-order valence-corrected chi connectivity index (χ1v) is 10.0. The summed E-state index contributed by atoms with van der Waals surface area (Å²) in [7, 11) is 1.46. The zero-order valence-electron chi connectivity index (χ0n) is 16.9. The van der Waals surface area contributed by atoms with Gasteiger partial charge in [-0.3, -0.25) is 18.9 Å². The number of aromatic amines is 1. The number of halogens is 3. The maximum Gasteiger partial charge on any atom is 0.416 e. The largest absolute Gasteiger partial charge is 0.416 e. The van der Waals surface area contributed by atoms with Gasteiger partial charge >= 0.3 is 11.9 Å². The zero-order valence-corrected chi connectivity index (χ0v) is 16.9. The Bertz CT molecular complexity index is 1230. The molecule has 0 bridgehead atoms. The highest BCUT2D eigenvalue weighted by Crippen LogP contribution is 2.33. The summed E-state index contributed by atoms with van der Waals surface area (Å²) in [5, 5.41) is 0. The lowest BCUT2D eigenvalue weighted by Gasteiger charge is -2.25. The van der Waals surface area contributed by atoms with Crippen LogP contribution < -0.4 is 21.9 Å². The Balaban J connectivity index is 1.94. The minimum atomic E-state index is -4.54. The van der Waals surface area contributed by atoms with Gasteiger partial charge in [-0.2, -0.15) is 18.2 Å². The van der Waals surface area contributed by atoms with E-state index in [4.69, 9.17) is 5.73 Å². The van der Waals surface area contributed by atoms with Crippen molar-refractivity contribution < 1.29 is 13.2 Å². The van der Waals surface area contributed by atoms with Crippen LogP contribution in [0.1, 0.15) is 30.4 Å². The first-order valence-electron chi connectivity index (χ1n) is 10.0. The second kappa shape index (κ2) is 7.88. The van der Waals surface area contributed by atoms with E-state index >= 15 is 0 Å². The number of hydrogen-bond acceptors (Lipinski definition) is 5. The van der Waals surface area contributed by atoms with Gasteiger partial charge < -0.3 is 10.6 Å². The van der Waals surface area contributed by atoms with Crippen LogP contribution in [0.15, 0.2) is 33.9 Å². The van der Waals surface area contributed by atoms with Gasteiger partial charge in [-0.15, -0.1) is 0 Å². The summed E-state index contributed by atoms with van der Waals surface area (Å²) < 4.78 is 43.4. The van der Waals surface area contributed by atoms with Crippen molar-refractivity contribution in [2.24, 2.45) is 12.8 Å². The average molecular weight is 436 g/mol. The minimum absolute atomic E-state index is 0.00271. The van der Waals surface area contributed by atoms with Crippen LogP contribution in [-0.4, -0.2) is 38.2 Å². The van der Waals surface area contributed by atoms with Crippen molar-refractivity contribution in [1.82, 2.24) is 19.1 Å². The summed E-state index contributed by atoms with van der Waals surface area (Å²) in [5.74, 6) is 0.330. The summed E-state index contributed by atoms with van der Waals surface area (Å²) in [6.45, 7) is 0.828. The molecule has 31 heavy (non-hydrogen) atoms. The van der Waals surface area contributed by atoms with Crippen molar-refractivity contribution in [2.75, 3.05) is 18.0 Å². The standard InChI is InChI=1S/C20H23F3N6O2/c1-27-16-15(17(30)26-19(27)31)29(10-12-6-2-3-8-14(12)20(21,22)23)18(25-16)28-9-5-4-7-13(24)11-28/h2-3,6,8,13H,4-5,7,9-11,24H2,1H3,(H,26,30,31). The van der Waals surface area contributed by atoms with Gasteiger partial charge in [-0.25, -0.2) is 4.79 Å². The fourth-order valence-electron chi connectivity index (χ4n) is 4.08. The van der Waals surface area contributed by atoms with Crippen molar-refractivity contribution in [3.05, 3.63) is 56.2 Å². The third-order valence-corrected chi connectivity index (χ3v) is 5.63. The minimum Gasteiger partial charge on any atom is -0.341 e. The summed E-state index contributed by atoms with van der Waals surface area (Å²) >= 11 is 0. The molecule has 1 fully saturated rings. The van der Waals surface area contributed by atoms with E-state index in [-0.39, 0.29) is 29.3 Å². The molecule has 3 N–H and O–H groups in total. The molecule has 0 radical (unpaired) electrons. The predicted molar refractivity (Wildman–Crippen MR) is 110 cm³/mol. The summed E-state index contributed by atoms with van der Waals surface area (Å²) in [6, 6.07) is 5.10. The number of benzene rings is 1. The van der Waals surface area contributed by atoms with Crippen LogP contribution in [0.25, 0.3) is 11.2 Å². The molecule has 1 aromatic carbocycles. The molecule has 8 nitrogen and oxygen atoms in total. The van der Waals surface area contributed by atoms with Gasteiger partial charge in [0.2, 0.25) is 5.95 Å². The van der Waals surface area contributed by atoms with Crippen molar-refractivity contribution >= 4 is 17.1 Å². The Morgan fingerprint density at radius 2 is 1.97 bits per heavy atom. The number of fused-ring (bicyclic) bond motifs is 1. The van der Waals surface area contributed by atoms with Gasteiger partial charge in [0.05, 0.1) is 12.1 Å². The van der Waals surface area contributed by atoms with Gasteiger partial charge in [-0.05, 0) is 24.5 Å². The molecule has 3 aromatic rings. The Hall–Kier alpha value is -3.08. The first kappa shape index (κ1) is 21.2. The Morgan fingerprint density at radius 3 is 2.71 bits per heavy atom. The van der Waals surface area contributed by atoms with E-state index in [0.717, 1.165) is 25.3 Å². The number of rotatable bonds is 3. The molecule has 0 saturated carbocycles. The summed E-state index contributed by atoms with van der Waals surface area (Å²) in [4.78, 5) is 33.4. The normalized spacial score (nSPS) is 17.8. The van der Waals surface area contributed by atoms with E-state index in [9.17, 15) is 22.8 Å². The fraction of sp³-hybridized carbons (Fsp3) is 0.450. The van der Waals surface area contributed by atoms with E-state index in [1.165, 1.54) is 34.4 Å². The second-order valence-corrected chi connectivity index (χ2v) is 7.85. The predicted octanol–water partition coefficient (Wildman–Crippen LogP) is 1.81. The van der Waals surface area contributed by atoms with E-state index in [2.05, 4.69) is 9.97 Å². The molecule has 0 aliphatic carbocycles. The van der Waals surface area contributed by atoms with Crippen LogP contribution in [0.3, 0.4) is 0 Å². The van der Waals surface area contributed by atoms with Crippen LogP contribution >= 0.6 is 0 Å². The molecule has 1 aliphatic heterocycles. The number of hydrogen-bond donors (Lipinski definition) is 2. The van der Waals surface area contributed by atoms with Gasteiger partial charge in [0.1, 0.15) is 0 Å². The molecule has 1 saturated heterocycles. The lowest BCUT2D eigenvalue weighted by Crippen LogP contribution is -2.37. The molecule has 0 spiro atoms. The summed E-state index contributed by atoms with van der Waals surface area (Å²) in [6.07, 6.45) is -1.96. The highest BCUT2D eigenvalue weighted by atomic mass is 19.4. The van der Waals surface area contributed by atoms with Crippen molar-refractivity contribution in [1.29, 1.82) is 0 Å². The lowest BCUT2D eigenvalue weighted by molar-refractivity contribution is -0.138. The Kier molecular flexibility index (Phi) is 5.38. The van der Waals surface area contributed by atoms with Crippen molar-refractivity contribution in [3.63, 3.8) is 0 Å². The Morgan fingerprint density at radius 1 is 1.23 bits per heavy atom. The first-order chi connectivity index (χ1) is 14.7. The van der Waals surface area contributed by atoms with Crippen LogP contribution in [0.4, 0.5) is 19.1 Å². The number of aryl methyl sites for hydroxylation is 1. The smallest absolute Gasteiger partial charge is 0.341 e. The molecule has 166 valence electrons. The number of nitrogens with one attached hydrogen (secondary N) is 1. The van der Waals surface area contributed by atoms with Gasteiger partial charge in [0.25, 0.3) is 5.56 Å². The topological polar surface area (TPSA) is 102 Å². The lowest BCUT2D eigenvalue weighted by atomic mass is 10.1. The maximum absolute atomic E-state index is 13.6. The third kappa shape index (κ3) is 3.97. The molecule has 1 aliphatic rings. The monoisotopic (exact) mass is 436 g/mol. The van der Waals surface area contributed by atoms with Gasteiger partial charge in [-0.1, -0.05) is 24.6 Å². The Labute approximate surface area is 175 Å². The highest BCUT2D eigenvalue weighted by Gasteiger charge is 2.34. The highest BCUT2D eigenvalue weighted by molar-refractivity contribution is 5.74. The van der Waals surface area contributed by atoms with Gasteiger partial charge in [0, 0.05) is 26.2 Å². The van der Waals surface area contributed by atoms with E-state index in [1.54, 1.807) is 0 Å². The van der Waals surface area contributed by atoms with Crippen molar-refractivity contribution in [2.45, 2.75) is 38.0 Å². The number of aromatic nitrogens is 4. The van der Waals surface area contributed by atoms with E-state index in [1.807, 2.05) is 4.90 Å². The average Bonchev–Trinajstić information content (AvgIpc) is 2.94. The molecule has 11 heteroatoms. The quantitative estimate of drug-likeness (QED) is 0.652. The molecule has 2 aromatic heterocycles. The second-order valence-electron chi connectivity index (χ2n) is 7.85. The number of nitrogens with zero attached hydrogens (tertiary/aromatic N) is 4. The van der Waals surface area contributed by atoms with Gasteiger partial charge in [0.15, 0.2) is 11.2 Å². The van der Waals surface area contributed by atoms with E-state index < -0.39 is 23.0 Å². The number of alkyl halides is 3. The van der Waals surface area contributed by atoms with Crippen LogP contribution in [0.2, 0.25) is 0 Å². The number of imidazole rings is 1. The number of H-pyrrole nitrogens is 1. The molecule has 1 unspecified atom stereocenters. The molecule has 0 amide bonds. The SMILES string of the molecule is Cn1c(=O)[nH]c(=O)c2c1nc(N1CCCCC(N)C1)n2Cc1ccccc1C(F)(F)F. The molecule has 4 rings (SSSR count). The third-order valence-electron chi connectivity index (χ3n) is 5.63. The maximum atomic E-state index is 13.6. The number of anilines is 1. The van der Waals surface area contributed by atoms with Crippen LogP contribution in [-0.2, 0) is 19.8 Å². The number of nitrogens with two attached hydrogens (primary N) is 1. The zero-order chi connectivity index (χ0) is 22.3. The molecular weight excluding hydrogens is 413 g/mol. The van der Waals surface area contributed by atoms with Crippen LogP contribution in [0, 0.1) is 0 Å².